The molecule has 0 saturated carbocycles. The van der Waals surface area contributed by atoms with E-state index in [4.69, 9.17) is 9.15 Å². The second-order valence-corrected chi connectivity index (χ2v) is 6.48. The van der Waals surface area contributed by atoms with Gasteiger partial charge in [-0.2, -0.15) is 0 Å². The fourth-order valence-electron chi connectivity index (χ4n) is 2.56. The van der Waals surface area contributed by atoms with E-state index in [9.17, 15) is 0 Å². The molecule has 1 saturated heterocycles. The van der Waals surface area contributed by atoms with Crippen LogP contribution in [0.25, 0.3) is 0 Å². The third kappa shape index (κ3) is 3.91. The predicted molar refractivity (Wildman–Crippen MR) is 83.8 cm³/mol. The van der Waals surface area contributed by atoms with Crippen molar-refractivity contribution in [1.29, 1.82) is 0 Å². The van der Waals surface area contributed by atoms with E-state index < -0.39 is 0 Å². The standard InChI is InChI=1S/C15H22N4O2S/c1-3-19(9-12-5-4-8-20-12)10-13-6-7-14(21-13)22-15-17-16-11-18(15)2/h6-7,11-12H,3-5,8-10H2,1-2H3/t12-/m1/s1. The summed E-state index contributed by atoms with van der Waals surface area (Å²) in [5.74, 6) is 0.976. The third-order valence-corrected chi connectivity index (χ3v) is 4.78. The molecule has 6 nitrogen and oxygen atoms in total. The molecule has 1 atom stereocenters. The van der Waals surface area contributed by atoms with Gasteiger partial charge in [-0.3, -0.25) is 4.90 Å². The number of hydrogen-bond donors (Lipinski definition) is 0. The zero-order chi connectivity index (χ0) is 15.4. The minimum atomic E-state index is 0.377. The molecule has 2 aromatic heterocycles. The van der Waals surface area contributed by atoms with E-state index in [0.717, 1.165) is 42.3 Å². The first kappa shape index (κ1) is 15.6. The van der Waals surface area contributed by atoms with Gasteiger partial charge in [0.2, 0.25) is 0 Å². The van der Waals surface area contributed by atoms with Crippen LogP contribution >= 0.6 is 11.8 Å². The van der Waals surface area contributed by atoms with Gasteiger partial charge in [0.1, 0.15) is 12.1 Å². The van der Waals surface area contributed by atoms with Gasteiger partial charge in [0.25, 0.3) is 0 Å². The van der Waals surface area contributed by atoms with Crippen molar-refractivity contribution < 1.29 is 9.15 Å². The maximum Gasteiger partial charge on any atom is 0.198 e. The number of aromatic nitrogens is 3. The van der Waals surface area contributed by atoms with E-state index in [2.05, 4.69) is 22.0 Å². The van der Waals surface area contributed by atoms with Crippen LogP contribution < -0.4 is 0 Å². The SMILES string of the molecule is CCN(Cc1ccc(Sc2nncn2C)o1)C[C@H]1CCCO1. The highest BCUT2D eigenvalue weighted by Crippen LogP contribution is 2.27. The van der Waals surface area contributed by atoms with E-state index in [1.165, 1.54) is 24.6 Å². The molecule has 1 fully saturated rings. The van der Waals surface area contributed by atoms with Crippen LogP contribution in [0.1, 0.15) is 25.5 Å². The molecule has 1 aliphatic heterocycles. The molecular weight excluding hydrogens is 300 g/mol. The second-order valence-electron chi connectivity index (χ2n) is 5.51. The fourth-order valence-corrected chi connectivity index (χ4v) is 3.30. The topological polar surface area (TPSA) is 56.3 Å². The van der Waals surface area contributed by atoms with Crippen LogP contribution in [0.4, 0.5) is 0 Å². The summed E-state index contributed by atoms with van der Waals surface area (Å²) in [7, 11) is 1.92. The van der Waals surface area contributed by atoms with Gasteiger partial charge in [-0.15, -0.1) is 10.2 Å². The van der Waals surface area contributed by atoms with Crippen molar-refractivity contribution in [2.45, 2.75) is 42.7 Å². The van der Waals surface area contributed by atoms with Gasteiger partial charge in [0.15, 0.2) is 10.2 Å². The van der Waals surface area contributed by atoms with Crippen molar-refractivity contribution in [2.75, 3.05) is 19.7 Å². The summed E-state index contributed by atoms with van der Waals surface area (Å²) >= 11 is 1.49. The minimum Gasteiger partial charge on any atom is -0.453 e. The van der Waals surface area contributed by atoms with Crippen LogP contribution in [0.15, 0.2) is 33.1 Å². The number of nitrogens with zero attached hydrogens (tertiary/aromatic N) is 4. The first-order valence-electron chi connectivity index (χ1n) is 7.69. The van der Waals surface area contributed by atoms with Crippen LogP contribution in [-0.4, -0.2) is 45.5 Å². The minimum absolute atomic E-state index is 0.377. The summed E-state index contributed by atoms with van der Waals surface area (Å²) in [6, 6.07) is 4.03. The van der Waals surface area contributed by atoms with E-state index in [1.807, 2.05) is 23.7 Å². The average Bonchev–Trinajstić information content (AvgIpc) is 3.24. The highest BCUT2D eigenvalue weighted by Gasteiger charge is 2.19. The van der Waals surface area contributed by atoms with Crippen LogP contribution in [0.2, 0.25) is 0 Å². The molecule has 22 heavy (non-hydrogen) atoms. The number of hydrogen-bond acceptors (Lipinski definition) is 6. The van der Waals surface area contributed by atoms with E-state index >= 15 is 0 Å². The van der Waals surface area contributed by atoms with Gasteiger partial charge in [-0.05, 0) is 43.3 Å². The van der Waals surface area contributed by atoms with Gasteiger partial charge in [0, 0.05) is 20.2 Å². The van der Waals surface area contributed by atoms with Crippen LogP contribution in [0, 0.1) is 0 Å². The van der Waals surface area contributed by atoms with Crippen molar-refractivity contribution >= 4 is 11.8 Å². The van der Waals surface area contributed by atoms with E-state index in [-0.39, 0.29) is 0 Å². The number of aryl methyl sites for hydroxylation is 1. The van der Waals surface area contributed by atoms with Crippen LogP contribution in [-0.2, 0) is 18.3 Å². The molecule has 0 bridgehead atoms. The Morgan fingerprint density at radius 2 is 2.36 bits per heavy atom. The summed E-state index contributed by atoms with van der Waals surface area (Å²) in [6.45, 7) is 5.86. The lowest BCUT2D eigenvalue weighted by Crippen LogP contribution is -2.31. The maximum absolute atomic E-state index is 5.91. The highest BCUT2D eigenvalue weighted by molar-refractivity contribution is 7.99. The molecule has 0 aliphatic carbocycles. The molecule has 0 amide bonds. The largest absolute Gasteiger partial charge is 0.453 e. The molecular formula is C15H22N4O2S. The van der Waals surface area contributed by atoms with Gasteiger partial charge in [-0.25, -0.2) is 0 Å². The Morgan fingerprint density at radius 1 is 1.45 bits per heavy atom. The Hall–Kier alpha value is -1.31. The van der Waals surface area contributed by atoms with E-state index in [1.54, 1.807) is 6.33 Å². The normalized spacial score (nSPS) is 18.4. The van der Waals surface area contributed by atoms with E-state index in [0.29, 0.717) is 6.10 Å². The van der Waals surface area contributed by atoms with Gasteiger partial charge >= 0.3 is 0 Å². The molecule has 3 rings (SSSR count). The Morgan fingerprint density at radius 3 is 3.05 bits per heavy atom. The Kier molecular flexibility index (Phi) is 5.17. The smallest absolute Gasteiger partial charge is 0.198 e. The van der Waals surface area contributed by atoms with Crippen molar-refractivity contribution in [3.05, 3.63) is 24.2 Å². The van der Waals surface area contributed by atoms with Gasteiger partial charge in [0.05, 0.1) is 12.6 Å². The lowest BCUT2D eigenvalue weighted by atomic mass is 10.2. The zero-order valence-corrected chi connectivity index (χ0v) is 13.9. The van der Waals surface area contributed by atoms with Gasteiger partial charge in [-0.1, -0.05) is 6.92 Å². The predicted octanol–water partition coefficient (Wildman–Crippen LogP) is 2.56. The van der Waals surface area contributed by atoms with Crippen molar-refractivity contribution in [3.63, 3.8) is 0 Å². The van der Waals surface area contributed by atoms with Crippen molar-refractivity contribution in [1.82, 2.24) is 19.7 Å². The average molecular weight is 322 g/mol. The molecule has 0 radical (unpaired) electrons. The summed E-state index contributed by atoms with van der Waals surface area (Å²) < 4.78 is 13.5. The Bertz CT molecular complexity index is 592. The zero-order valence-electron chi connectivity index (χ0n) is 13.1. The monoisotopic (exact) mass is 322 g/mol. The number of rotatable bonds is 7. The van der Waals surface area contributed by atoms with Crippen molar-refractivity contribution in [2.24, 2.45) is 7.05 Å². The lowest BCUT2D eigenvalue weighted by Gasteiger charge is -2.22. The molecule has 120 valence electrons. The summed E-state index contributed by atoms with van der Waals surface area (Å²) in [5.41, 5.74) is 0. The number of ether oxygens (including phenoxy) is 1. The first-order valence-corrected chi connectivity index (χ1v) is 8.50. The highest BCUT2D eigenvalue weighted by atomic mass is 32.2. The number of furan rings is 1. The molecule has 0 aromatic carbocycles. The summed E-state index contributed by atoms with van der Waals surface area (Å²) in [6.07, 6.45) is 4.41. The maximum atomic E-state index is 5.91. The number of likely N-dealkylation sites (N-methyl/N-ethyl adjacent to an activating group) is 1. The quantitative estimate of drug-likeness (QED) is 0.781. The lowest BCUT2D eigenvalue weighted by molar-refractivity contribution is 0.0699. The summed E-state index contributed by atoms with van der Waals surface area (Å²) in [5, 5.41) is 9.60. The summed E-state index contributed by atoms with van der Waals surface area (Å²) in [4.78, 5) is 2.37. The Labute approximate surface area is 134 Å². The molecule has 1 aliphatic rings. The molecule has 2 aromatic rings. The third-order valence-electron chi connectivity index (χ3n) is 3.81. The molecule has 7 heteroatoms. The Balaban J connectivity index is 1.56. The molecule has 3 heterocycles. The first-order chi connectivity index (χ1) is 10.7. The second kappa shape index (κ2) is 7.30. The molecule has 0 N–H and O–H groups in total. The van der Waals surface area contributed by atoms with Crippen LogP contribution in [0.5, 0.6) is 0 Å². The fraction of sp³-hybridized carbons (Fsp3) is 0.600. The molecule has 0 spiro atoms. The van der Waals surface area contributed by atoms with Crippen LogP contribution in [0.3, 0.4) is 0 Å². The molecule has 0 unspecified atom stereocenters. The van der Waals surface area contributed by atoms with Gasteiger partial charge < -0.3 is 13.7 Å². The van der Waals surface area contributed by atoms with Crippen molar-refractivity contribution in [3.8, 4) is 0 Å².